The second kappa shape index (κ2) is 8.02. The minimum absolute atomic E-state index is 0.0139. The van der Waals surface area contributed by atoms with E-state index in [9.17, 15) is 17.6 Å². The van der Waals surface area contributed by atoms with Crippen molar-refractivity contribution in [1.29, 1.82) is 0 Å². The number of para-hydroxylation sites is 1. The van der Waals surface area contributed by atoms with Gasteiger partial charge in [-0.3, -0.25) is 9.36 Å². The number of sulfonamides is 1. The largest absolute Gasteiger partial charge is 0.300 e. The molecule has 10 heteroatoms. The van der Waals surface area contributed by atoms with Crippen LogP contribution in [-0.2, 0) is 16.6 Å². The van der Waals surface area contributed by atoms with Crippen LogP contribution in [0.5, 0.6) is 0 Å². The summed E-state index contributed by atoms with van der Waals surface area (Å²) in [7, 11) is -3.91. The van der Waals surface area contributed by atoms with Crippen LogP contribution in [0.2, 0.25) is 5.02 Å². The van der Waals surface area contributed by atoms with Crippen molar-refractivity contribution in [2.24, 2.45) is 0 Å². The molecule has 2 aromatic carbocycles. The molecule has 0 saturated heterocycles. The van der Waals surface area contributed by atoms with Crippen LogP contribution in [0.15, 0.2) is 76.6 Å². The van der Waals surface area contributed by atoms with Crippen LogP contribution in [0.1, 0.15) is 0 Å². The van der Waals surface area contributed by atoms with Gasteiger partial charge in [0.05, 0.1) is 22.0 Å². The highest BCUT2D eigenvalue weighted by Gasteiger charge is 2.16. The summed E-state index contributed by atoms with van der Waals surface area (Å²) in [5.41, 5.74) is 0.573. The van der Waals surface area contributed by atoms with Crippen LogP contribution >= 0.6 is 11.6 Å². The molecule has 4 rings (SSSR count). The van der Waals surface area contributed by atoms with E-state index < -0.39 is 15.8 Å². The fourth-order valence-corrected chi connectivity index (χ4v) is 4.31. The number of rotatable bonds is 6. The summed E-state index contributed by atoms with van der Waals surface area (Å²) < 4.78 is 43.4. The van der Waals surface area contributed by atoms with Gasteiger partial charge in [-0.2, -0.15) is 5.10 Å². The maximum atomic E-state index is 13.3. The van der Waals surface area contributed by atoms with Crippen molar-refractivity contribution in [3.05, 3.63) is 88.1 Å². The Labute approximate surface area is 176 Å². The molecule has 7 nitrogen and oxygen atoms in total. The second-order valence-corrected chi connectivity index (χ2v) is 8.65. The molecule has 0 bridgehead atoms. The monoisotopic (exact) mass is 446 g/mol. The second-order valence-electron chi connectivity index (χ2n) is 6.47. The summed E-state index contributed by atoms with van der Waals surface area (Å²) in [6.45, 7) is -0.0693. The Morgan fingerprint density at radius 3 is 2.67 bits per heavy atom. The Bertz CT molecular complexity index is 1400. The van der Waals surface area contributed by atoms with E-state index in [4.69, 9.17) is 11.6 Å². The molecule has 0 radical (unpaired) electrons. The molecule has 30 heavy (non-hydrogen) atoms. The maximum Gasteiger partial charge on any atom is 0.266 e. The molecule has 0 aliphatic heterocycles. The first-order valence-corrected chi connectivity index (χ1v) is 10.8. The van der Waals surface area contributed by atoms with Crippen molar-refractivity contribution >= 4 is 32.5 Å². The van der Waals surface area contributed by atoms with Gasteiger partial charge in [-0.05, 0) is 41.8 Å². The summed E-state index contributed by atoms with van der Waals surface area (Å²) in [5, 5.41) is 5.09. The number of fused-ring (bicyclic) bond motifs is 1. The third-order valence-corrected chi connectivity index (χ3v) is 6.26. The van der Waals surface area contributed by atoms with Crippen LogP contribution in [-0.4, -0.2) is 29.3 Å². The number of nitrogens with one attached hydrogen (secondary N) is 1. The molecule has 0 fully saturated rings. The molecule has 0 saturated carbocycles. The summed E-state index contributed by atoms with van der Waals surface area (Å²) in [4.78, 5) is 12.0. The highest BCUT2D eigenvalue weighted by Crippen LogP contribution is 2.19. The molecule has 154 valence electrons. The Balaban J connectivity index is 1.53. The van der Waals surface area contributed by atoms with Gasteiger partial charge >= 0.3 is 0 Å². The van der Waals surface area contributed by atoms with Crippen molar-refractivity contribution in [2.45, 2.75) is 11.4 Å². The lowest BCUT2D eigenvalue weighted by Crippen LogP contribution is -2.32. The van der Waals surface area contributed by atoms with Crippen molar-refractivity contribution in [1.82, 2.24) is 19.1 Å². The third kappa shape index (κ3) is 4.00. The minimum Gasteiger partial charge on any atom is -0.300 e. The number of aromatic nitrogens is 3. The number of nitrogens with zero attached hydrogens (tertiary/aromatic N) is 3. The summed E-state index contributed by atoms with van der Waals surface area (Å²) >= 11 is 5.65. The van der Waals surface area contributed by atoms with Crippen molar-refractivity contribution in [3.63, 3.8) is 0 Å². The molecule has 1 N–H and O–H groups in total. The molecule has 0 atom stereocenters. The number of hydrogen-bond donors (Lipinski definition) is 1. The van der Waals surface area contributed by atoms with Gasteiger partial charge in [-0.15, -0.1) is 0 Å². The molecule has 4 aromatic rings. The lowest BCUT2D eigenvalue weighted by molar-refractivity contribution is 0.544. The topological polar surface area (TPSA) is 86.0 Å². The highest BCUT2D eigenvalue weighted by atomic mass is 35.5. The van der Waals surface area contributed by atoms with Gasteiger partial charge in [0.1, 0.15) is 5.82 Å². The van der Waals surface area contributed by atoms with E-state index >= 15 is 0 Å². The summed E-state index contributed by atoms with van der Waals surface area (Å²) in [6.07, 6.45) is 1.85. The lowest BCUT2D eigenvalue weighted by atomic mass is 10.2. The molecular formula is C20H16ClFN4O3S. The predicted molar refractivity (Wildman–Crippen MR) is 112 cm³/mol. The summed E-state index contributed by atoms with van der Waals surface area (Å²) in [6, 6.07) is 15.8. The van der Waals surface area contributed by atoms with E-state index in [1.807, 2.05) is 41.1 Å². The minimum atomic E-state index is -3.91. The van der Waals surface area contributed by atoms with Gasteiger partial charge in [-0.25, -0.2) is 22.2 Å². The molecule has 0 spiro atoms. The smallest absolute Gasteiger partial charge is 0.266 e. The van der Waals surface area contributed by atoms with Gasteiger partial charge in [0.2, 0.25) is 10.0 Å². The van der Waals surface area contributed by atoms with Crippen LogP contribution in [0.25, 0.3) is 16.7 Å². The molecule has 0 unspecified atom stereocenters. The predicted octanol–water partition coefficient (Wildman–Crippen LogP) is 2.96. The van der Waals surface area contributed by atoms with E-state index in [-0.39, 0.29) is 28.6 Å². The number of benzene rings is 2. The zero-order chi connectivity index (χ0) is 21.3. The lowest BCUT2D eigenvalue weighted by Gasteiger charge is -2.10. The SMILES string of the molecule is O=c1ccc(-n2ccc3ccccc32)nn1CCNS(=O)(=O)c1ccc(F)c(Cl)c1. The fraction of sp³-hybridized carbons (Fsp3) is 0.100. The van der Waals surface area contributed by atoms with Crippen LogP contribution in [0.3, 0.4) is 0 Å². The van der Waals surface area contributed by atoms with Crippen molar-refractivity contribution in [2.75, 3.05) is 6.54 Å². The van der Waals surface area contributed by atoms with Gasteiger partial charge < -0.3 is 0 Å². The van der Waals surface area contributed by atoms with Gasteiger partial charge in [-0.1, -0.05) is 29.8 Å². The fourth-order valence-electron chi connectivity index (χ4n) is 3.02. The van der Waals surface area contributed by atoms with Gasteiger partial charge in [0.25, 0.3) is 5.56 Å². The first-order valence-electron chi connectivity index (χ1n) is 8.94. The molecular weight excluding hydrogens is 431 g/mol. The first kappa shape index (κ1) is 20.3. The van der Waals surface area contributed by atoms with Crippen LogP contribution in [0.4, 0.5) is 4.39 Å². The Hall–Kier alpha value is -3.01. The van der Waals surface area contributed by atoms with E-state index in [0.717, 1.165) is 29.1 Å². The molecule has 0 aliphatic carbocycles. The van der Waals surface area contributed by atoms with Gasteiger partial charge in [0, 0.05) is 18.8 Å². The quantitative estimate of drug-likeness (QED) is 0.493. The Morgan fingerprint density at radius 1 is 1.07 bits per heavy atom. The zero-order valence-electron chi connectivity index (χ0n) is 15.5. The van der Waals surface area contributed by atoms with E-state index in [0.29, 0.717) is 5.82 Å². The average Bonchev–Trinajstić information content (AvgIpc) is 3.15. The maximum absolute atomic E-state index is 13.3. The Morgan fingerprint density at radius 2 is 1.87 bits per heavy atom. The van der Waals surface area contributed by atoms with Crippen LogP contribution in [0, 0.1) is 5.82 Å². The van der Waals surface area contributed by atoms with Gasteiger partial charge in [0.15, 0.2) is 5.82 Å². The highest BCUT2D eigenvalue weighted by molar-refractivity contribution is 7.89. The third-order valence-electron chi connectivity index (χ3n) is 4.52. The van der Waals surface area contributed by atoms with E-state index in [1.165, 1.54) is 10.7 Å². The number of hydrogen-bond acceptors (Lipinski definition) is 4. The zero-order valence-corrected chi connectivity index (χ0v) is 17.1. The standard InChI is InChI=1S/C20H16ClFN4O3S/c21-16-13-15(5-6-17(16)22)30(28,29)23-10-12-26-20(27)8-7-19(24-26)25-11-9-14-3-1-2-4-18(14)25/h1-9,11,13,23H,10,12H2. The molecule has 0 aliphatic rings. The van der Waals surface area contributed by atoms with Crippen LogP contribution < -0.4 is 10.3 Å². The molecule has 0 amide bonds. The first-order chi connectivity index (χ1) is 14.3. The molecule has 2 aromatic heterocycles. The average molecular weight is 447 g/mol. The normalized spacial score (nSPS) is 11.8. The molecule has 2 heterocycles. The van der Waals surface area contributed by atoms with Crippen molar-refractivity contribution < 1.29 is 12.8 Å². The van der Waals surface area contributed by atoms with E-state index in [2.05, 4.69) is 9.82 Å². The number of halogens is 2. The Kier molecular flexibility index (Phi) is 5.42. The van der Waals surface area contributed by atoms with Crippen molar-refractivity contribution in [3.8, 4) is 5.82 Å². The summed E-state index contributed by atoms with van der Waals surface area (Å²) in [5.74, 6) is -0.176. The van der Waals surface area contributed by atoms with E-state index in [1.54, 1.807) is 6.07 Å².